The first-order chi connectivity index (χ1) is 16.8. The van der Waals surface area contributed by atoms with Gasteiger partial charge in [0.15, 0.2) is 11.6 Å². The van der Waals surface area contributed by atoms with E-state index in [1.807, 2.05) is 48.5 Å². The van der Waals surface area contributed by atoms with E-state index in [4.69, 9.17) is 15.5 Å². The molecule has 3 aliphatic rings. The summed E-state index contributed by atoms with van der Waals surface area (Å²) in [6, 6.07) is 19.9. The maximum atomic E-state index is 13.4. The molecule has 2 aliphatic carbocycles. The van der Waals surface area contributed by atoms with Crippen LogP contribution in [0.15, 0.2) is 72.0 Å². The Morgan fingerprint density at radius 1 is 0.886 bits per heavy atom. The van der Waals surface area contributed by atoms with Crippen LogP contribution in [0, 0.1) is 5.41 Å². The van der Waals surface area contributed by atoms with Crippen molar-refractivity contribution in [3.63, 3.8) is 0 Å². The number of hydrogen-bond donors (Lipinski definition) is 1. The molecule has 2 N–H and O–H groups in total. The zero-order chi connectivity index (χ0) is 24.3. The largest absolute Gasteiger partial charge is 0.443 e. The average molecular weight is 465 g/mol. The molecule has 5 heteroatoms. The van der Waals surface area contributed by atoms with Gasteiger partial charge in [0.2, 0.25) is 5.88 Å². The predicted octanol–water partition coefficient (Wildman–Crippen LogP) is 5.74. The van der Waals surface area contributed by atoms with Crippen molar-refractivity contribution >= 4 is 17.3 Å². The SMILES string of the molecule is CC1(C)CC(=O)C2=C(C1)Oc1nc3c(c(N)c1C2c1ccccc1)C(=O)CC(c1ccccc1)C3. The highest BCUT2D eigenvalue weighted by Gasteiger charge is 2.45. The fourth-order valence-electron chi connectivity index (χ4n) is 5.98. The van der Waals surface area contributed by atoms with Crippen LogP contribution in [0.25, 0.3) is 0 Å². The second-order valence-electron chi connectivity index (χ2n) is 10.7. The van der Waals surface area contributed by atoms with Gasteiger partial charge in [-0.1, -0.05) is 74.5 Å². The van der Waals surface area contributed by atoms with Crippen LogP contribution < -0.4 is 10.5 Å². The molecule has 2 heterocycles. The topological polar surface area (TPSA) is 82.3 Å². The van der Waals surface area contributed by atoms with Crippen LogP contribution in [0.2, 0.25) is 0 Å². The summed E-state index contributed by atoms with van der Waals surface area (Å²) in [5.74, 6) is 0.844. The lowest BCUT2D eigenvalue weighted by atomic mass is 9.69. The number of hydrogen-bond acceptors (Lipinski definition) is 5. The van der Waals surface area contributed by atoms with E-state index in [0.29, 0.717) is 65.4 Å². The fourth-order valence-corrected chi connectivity index (χ4v) is 5.98. The van der Waals surface area contributed by atoms with Gasteiger partial charge in [0.05, 0.1) is 22.5 Å². The molecule has 0 spiro atoms. The van der Waals surface area contributed by atoms with Gasteiger partial charge in [-0.25, -0.2) is 4.98 Å². The van der Waals surface area contributed by atoms with Crippen molar-refractivity contribution in [3.8, 4) is 5.88 Å². The number of anilines is 1. The van der Waals surface area contributed by atoms with Crippen LogP contribution in [0.4, 0.5) is 5.69 Å². The Hall–Kier alpha value is -3.73. The normalized spacial score (nSPS) is 22.7. The molecule has 176 valence electrons. The molecule has 5 nitrogen and oxygen atoms in total. The number of fused-ring (bicyclic) bond motifs is 2. The summed E-state index contributed by atoms with van der Waals surface area (Å²) in [4.78, 5) is 31.8. The Bertz CT molecular complexity index is 1390. The maximum absolute atomic E-state index is 13.4. The molecule has 0 saturated carbocycles. The second-order valence-corrected chi connectivity index (χ2v) is 10.7. The highest BCUT2D eigenvalue weighted by atomic mass is 16.5. The van der Waals surface area contributed by atoms with Crippen LogP contribution in [0.1, 0.15) is 77.7 Å². The first-order valence-electron chi connectivity index (χ1n) is 12.2. The number of nitrogens with zero attached hydrogens (tertiary/aromatic N) is 1. The zero-order valence-corrected chi connectivity index (χ0v) is 20.0. The highest BCUT2D eigenvalue weighted by Crippen LogP contribution is 2.52. The van der Waals surface area contributed by atoms with Gasteiger partial charge in [0, 0.05) is 30.8 Å². The molecule has 2 unspecified atom stereocenters. The minimum absolute atomic E-state index is 0.00408. The van der Waals surface area contributed by atoms with Crippen LogP contribution >= 0.6 is 0 Å². The van der Waals surface area contributed by atoms with E-state index in [2.05, 4.69) is 26.0 Å². The lowest BCUT2D eigenvalue weighted by Gasteiger charge is -2.39. The molecule has 1 aromatic heterocycles. The van der Waals surface area contributed by atoms with E-state index in [0.717, 1.165) is 11.1 Å². The van der Waals surface area contributed by atoms with Gasteiger partial charge in [-0.15, -0.1) is 0 Å². The van der Waals surface area contributed by atoms with Crippen molar-refractivity contribution in [2.45, 2.75) is 51.4 Å². The molecular weight excluding hydrogens is 436 g/mol. The van der Waals surface area contributed by atoms with Crippen molar-refractivity contribution in [3.05, 3.63) is 99.9 Å². The number of ether oxygens (including phenoxy) is 1. The zero-order valence-electron chi connectivity index (χ0n) is 20.0. The molecule has 0 fully saturated rings. The summed E-state index contributed by atoms with van der Waals surface area (Å²) in [6.07, 6.45) is 2.11. The van der Waals surface area contributed by atoms with Gasteiger partial charge < -0.3 is 10.5 Å². The summed E-state index contributed by atoms with van der Waals surface area (Å²) < 4.78 is 6.37. The third-order valence-electron chi connectivity index (χ3n) is 7.55. The number of Topliss-reactive ketones (excluding diaryl/α,β-unsaturated/α-hetero) is 2. The first-order valence-corrected chi connectivity index (χ1v) is 12.2. The average Bonchev–Trinajstić information content (AvgIpc) is 2.83. The number of nitrogens with two attached hydrogens (primary N) is 1. The van der Waals surface area contributed by atoms with Gasteiger partial charge >= 0.3 is 0 Å². The fraction of sp³-hybridized carbons (Fsp3) is 0.300. The van der Waals surface area contributed by atoms with E-state index in [1.165, 1.54) is 0 Å². The van der Waals surface area contributed by atoms with Gasteiger partial charge in [-0.3, -0.25) is 9.59 Å². The van der Waals surface area contributed by atoms with Crippen LogP contribution in [-0.2, 0) is 11.2 Å². The number of rotatable bonds is 2. The summed E-state index contributed by atoms with van der Waals surface area (Å²) in [5, 5.41) is 0. The number of nitrogen functional groups attached to an aromatic ring is 1. The maximum Gasteiger partial charge on any atom is 0.225 e. The van der Waals surface area contributed by atoms with Crippen molar-refractivity contribution in [1.29, 1.82) is 0 Å². The minimum atomic E-state index is -0.393. The number of pyridine rings is 1. The second kappa shape index (κ2) is 7.91. The Morgan fingerprint density at radius 2 is 1.54 bits per heavy atom. The molecule has 2 atom stereocenters. The van der Waals surface area contributed by atoms with E-state index in [9.17, 15) is 9.59 Å². The Balaban J connectivity index is 1.53. The van der Waals surface area contributed by atoms with Gasteiger partial charge in [-0.05, 0) is 28.9 Å². The molecular formula is C30H28N2O3. The van der Waals surface area contributed by atoms with Gasteiger partial charge in [-0.2, -0.15) is 0 Å². The summed E-state index contributed by atoms with van der Waals surface area (Å²) in [6.45, 7) is 4.17. The highest BCUT2D eigenvalue weighted by molar-refractivity contribution is 6.05. The van der Waals surface area contributed by atoms with E-state index in [-0.39, 0.29) is 22.9 Å². The monoisotopic (exact) mass is 464 g/mol. The molecule has 0 amide bonds. The number of benzene rings is 2. The Morgan fingerprint density at radius 3 is 2.23 bits per heavy atom. The third kappa shape index (κ3) is 3.57. The molecule has 0 radical (unpaired) electrons. The van der Waals surface area contributed by atoms with Crippen LogP contribution in [0.3, 0.4) is 0 Å². The first kappa shape index (κ1) is 21.8. The van der Waals surface area contributed by atoms with E-state index < -0.39 is 5.92 Å². The van der Waals surface area contributed by atoms with Crippen LogP contribution in [-0.4, -0.2) is 16.6 Å². The Labute approximate surface area is 205 Å². The number of carbonyl (C=O) groups excluding carboxylic acids is 2. The lowest BCUT2D eigenvalue weighted by Crippen LogP contribution is -2.34. The van der Waals surface area contributed by atoms with Crippen LogP contribution in [0.5, 0.6) is 5.88 Å². The van der Waals surface area contributed by atoms with Gasteiger partial charge in [0.1, 0.15) is 5.76 Å². The molecule has 6 rings (SSSR count). The molecule has 35 heavy (non-hydrogen) atoms. The number of aromatic nitrogens is 1. The number of allylic oxidation sites excluding steroid dienone is 2. The molecule has 1 aliphatic heterocycles. The Kier molecular flexibility index (Phi) is 4.92. The summed E-state index contributed by atoms with van der Waals surface area (Å²) in [5.41, 5.74) is 11.5. The van der Waals surface area contributed by atoms with Crippen molar-refractivity contribution < 1.29 is 14.3 Å². The lowest BCUT2D eigenvalue weighted by molar-refractivity contribution is -0.118. The van der Waals surface area contributed by atoms with E-state index in [1.54, 1.807) is 0 Å². The van der Waals surface area contributed by atoms with E-state index >= 15 is 0 Å². The van der Waals surface area contributed by atoms with Crippen molar-refractivity contribution in [2.75, 3.05) is 5.73 Å². The minimum Gasteiger partial charge on any atom is -0.443 e. The molecule has 0 saturated heterocycles. The third-order valence-corrected chi connectivity index (χ3v) is 7.55. The molecule has 0 bridgehead atoms. The van der Waals surface area contributed by atoms with Crippen molar-refractivity contribution in [1.82, 2.24) is 4.98 Å². The number of carbonyl (C=O) groups is 2. The molecule has 2 aromatic carbocycles. The van der Waals surface area contributed by atoms with Crippen molar-refractivity contribution in [2.24, 2.45) is 5.41 Å². The summed E-state index contributed by atoms with van der Waals surface area (Å²) >= 11 is 0. The smallest absolute Gasteiger partial charge is 0.225 e. The summed E-state index contributed by atoms with van der Waals surface area (Å²) in [7, 11) is 0. The quantitative estimate of drug-likeness (QED) is 0.523. The molecule has 3 aromatic rings. The predicted molar refractivity (Wildman–Crippen MR) is 134 cm³/mol. The van der Waals surface area contributed by atoms with Gasteiger partial charge in [0.25, 0.3) is 0 Å². The standard InChI is InChI=1S/C30H28N2O3/c1-30(2)15-22(34)26-23(16-30)35-29-27(24(26)18-11-7-4-8-12-18)28(31)25-20(32-29)13-19(14-21(25)33)17-9-5-3-6-10-17/h3-12,19,24H,13-16H2,1-2H3,(H2,31,32). The number of ketones is 2.